The molecule has 0 radical (unpaired) electrons. The van der Waals surface area contributed by atoms with Gasteiger partial charge in [-0.25, -0.2) is 10.2 Å². The van der Waals surface area contributed by atoms with E-state index < -0.39 is 11.7 Å². The molecule has 0 aromatic heterocycles. The zero-order chi connectivity index (χ0) is 13.9. The fraction of sp³-hybridized carbons (Fsp3) is 0.417. The number of carbonyl (C=O) groups is 1. The number of hydrazine groups is 1. The highest BCUT2D eigenvalue weighted by Gasteiger charge is 2.18. The lowest BCUT2D eigenvalue weighted by Gasteiger charge is -2.25. The quantitative estimate of drug-likeness (QED) is 0.841. The van der Waals surface area contributed by atoms with E-state index in [1.54, 1.807) is 46.0 Å². The van der Waals surface area contributed by atoms with Gasteiger partial charge in [0.1, 0.15) is 5.60 Å². The van der Waals surface area contributed by atoms with Gasteiger partial charge < -0.3 is 4.74 Å². The molecule has 0 spiro atoms. The average Bonchev–Trinajstić information content (AvgIpc) is 2.13. The van der Waals surface area contributed by atoms with Crippen molar-refractivity contribution >= 4 is 35.0 Å². The van der Waals surface area contributed by atoms with Gasteiger partial charge in [-0.3, -0.25) is 5.01 Å². The molecule has 1 rings (SSSR count). The van der Waals surface area contributed by atoms with Gasteiger partial charge in [0.05, 0.1) is 10.7 Å². The Labute approximate surface area is 117 Å². The smallest absolute Gasteiger partial charge is 0.426 e. The van der Waals surface area contributed by atoms with Crippen LogP contribution in [0.5, 0.6) is 0 Å². The van der Waals surface area contributed by atoms with E-state index in [4.69, 9.17) is 27.9 Å². The predicted molar refractivity (Wildman–Crippen MR) is 74.2 cm³/mol. The zero-order valence-electron chi connectivity index (χ0n) is 10.8. The van der Waals surface area contributed by atoms with Gasteiger partial charge in [-0.05, 0) is 39.0 Å². The van der Waals surface area contributed by atoms with Crippen molar-refractivity contribution in [2.75, 3.05) is 12.1 Å². The first-order valence-electron chi connectivity index (χ1n) is 5.37. The highest BCUT2D eigenvalue weighted by Crippen LogP contribution is 2.27. The Hall–Kier alpha value is -1.13. The summed E-state index contributed by atoms with van der Waals surface area (Å²) in [6.45, 7) is 5.38. The van der Waals surface area contributed by atoms with E-state index in [1.807, 2.05) is 0 Å². The molecule has 1 aromatic rings. The van der Waals surface area contributed by atoms with Crippen molar-refractivity contribution in [3.05, 3.63) is 28.2 Å². The molecular weight excluding hydrogens is 275 g/mol. The molecule has 18 heavy (non-hydrogen) atoms. The summed E-state index contributed by atoms with van der Waals surface area (Å²) in [6.07, 6.45) is -0.545. The van der Waals surface area contributed by atoms with E-state index in [9.17, 15) is 4.79 Å². The molecule has 1 amide bonds. The Bertz CT molecular complexity index is 444. The monoisotopic (exact) mass is 290 g/mol. The number of nitrogens with zero attached hydrogens (tertiary/aromatic N) is 1. The predicted octanol–water partition coefficient (Wildman–Crippen LogP) is 3.87. The third-order valence-electron chi connectivity index (χ3n) is 1.93. The van der Waals surface area contributed by atoms with Crippen LogP contribution in [0.25, 0.3) is 0 Å². The summed E-state index contributed by atoms with van der Waals surface area (Å²) in [5.74, 6) is 0. The lowest BCUT2D eigenvalue weighted by atomic mass is 10.2. The van der Waals surface area contributed by atoms with Crippen LogP contribution in [-0.2, 0) is 4.74 Å². The maximum absolute atomic E-state index is 11.6. The lowest BCUT2D eigenvalue weighted by molar-refractivity contribution is 0.0524. The molecule has 0 aliphatic rings. The highest BCUT2D eigenvalue weighted by atomic mass is 35.5. The van der Waals surface area contributed by atoms with Crippen molar-refractivity contribution in [1.82, 2.24) is 5.43 Å². The van der Waals surface area contributed by atoms with Crippen LogP contribution >= 0.6 is 23.2 Å². The van der Waals surface area contributed by atoms with Crippen LogP contribution in [-0.4, -0.2) is 18.7 Å². The summed E-state index contributed by atoms with van der Waals surface area (Å²) in [5, 5.41) is 2.46. The van der Waals surface area contributed by atoms with Crippen molar-refractivity contribution in [2.24, 2.45) is 0 Å². The number of hydrogen-bond donors (Lipinski definition) is 1. The maximum atomic E-state index is 11.6. The summed E-state index contributed by atoms with van der Waals surface area (Å²) in [7, 11) is 1.67. The van der Waals surface area contributed by atoms with Crippen molar-refractivity contribution in [3.8, 4) is 0 Å². The summed E-state index contributed by atoms with van der Waals surface area (Å²) in [5.41, 5.74) is 2.64. The van der Waals surface area contributed by atoms with Gasteiger partial charge in [0.2, 0.25) is 0 Å². The van der Waals surface area contributed by atoms with Crippen LogP contribution < -0.4 is 10.4 Å². The first kappa shape index (κ1) is 14.9. The summed E-state index contributed by atoms with van der Waals surface area (Å²) in [6, 6.07) is 5.00. The fourth-order valence-electron chi connectivity index (χ4n) is 1.25. The summed E-state index contributed by atoms with van der Waals surface area (Å²) < 4.78 is 5.13. The van der Waals surface area contributed by atoms with E-state index in [0.29, 0.717) is 15.7 Å². The molecule has 1 aromatic carbocycles. The molecule has 1 N–H and O–H groups in total. The van der Waals surface area contributed by atoms with E-state index in [1.165, 1.54) is 5.01 Å². The van der Waals surface area contributed by atoms with E-state index in [2.05, 4.69) is 5.43 Å². The number of nitrogens with one attached hydrogen (secondary N) is 1. The van der Waals surface area contributed by atoms with Gasteiger partial charge in [0.25, 0.3) is 0 Å². The summed E-state index contributed by atoms with van der Waals surface area (Å²) in [4.78, 5) is 11.6. The van der Waals surface area contributed by atoms with Crippen LogP contribution in [0, 0.1) is 0 Å². The number of ether oxygens (including phenoxy) is 1. The Morgan fingerprint density at radius 1 is 1.33 bits per heavy atom. The van der Waals surface area contributed by atoms with E-state index in [0.717, 1.165) is 0 Å². The van der Waals surface area contributed by atoms with E-state index >= 15 is 0 Å². The first-order chi connectivity index (χ1) is 8.19. The zero-order valence-corrected chi connectivity index (χ0v) is 12.3. The third kappa shape index (κ3) is 4.63. The largest absolute Gasteiger partial charge is 0.443 e. The van der Waals surface area contributed by atoms with E-state index in [-0.39, 0.29) is 0 Å². The molecular formula is C12H16Cl2N2O2. The molecule has 0 fully saturated rings. The standard InChI is InChI=1S/C12H16Cl2N2O2/c1-12(2,3)18-11(17)15-16(4)10-6-5-8(13)7-9(10)14/h5-7H,1-4H3,(H,15,17). The van der Waals surface area contributed by atoms with Gasteiger partial charge in [-0.2, -0.15) is 0 Å². The molecule has 0 unspecified atom stereocenters. The molecule has 0 saturated carbocycles. The SMILES string of the molecule is CN(NC(=O)OC(C)(C)C)c1ccc(Cl)cc1Cl. The molecule has 0 saturated heterocycles. The topological polar surface area (TPSA) is 41.6 Å². The average molecular weight is 291 g/mol. The van der Waals surface area contributed by atoms with Gasteiger partial charge >= 0.3 is 6.09 Å². The molecule has 0 bridgehead atoms. The minimum Gasteiger partial charge on any atom is -0.443 e. The molecule has 0 heterocycles. The number of rotatable bonds is 2. The second-order valence-corrected chi connectivity index (χ2v) is 5.61. The molecule has 4 nitrogen and oxygen atoms in total. The normalized spacial score (nSPS) is 11.0. The third-order valence-corrected chi connectivity index (χ3v) is 2.47. The van der Waals surface area contributed by atoms with Crippen LogP contribution in [0.2, 0.25) is 10.0 Å². The van der Waals surface area contributed by atoms with Gasteiger partial charge in [-0.1, -0.05) is 23.2 Å². The number of halogens is 2. The number of hydrogen-bond acceptors (Lipinski definition) is 3. The van der Waals surface area contributed by atoms with Crippen molar-refractivity contribution in [3.63, 3.8) is 0 Å². The van der Waals surface area contributed by atoms with Crippen molar-refractivity contribution < 1.29 is 9.53 Å². The van der Waals surface area contributed by atoms with Crippen molar-refractivity contribution in [2.45, 2.75) is 26.4 Å². The van der Waals surface area contributed by atoms with Crippen LogP contribution in [0.15, 0.2) is 18.2 Å². The Balaban J connectivity index is 2.71. The second kappa shape index (κ2) is 5.67. The minimum atomic E-state index is -0.547. The van der Waals surface area contributed by atoms with Crippen LogP contribution in [0.4, 0.5) is 10.5 Å². The Morgan fingerprint density at radius 2 is 1.94 bits per heavy atom. The van der Waals surface area contributed by atoms with Gasteiger partial charge in [-0.15, -0.1) is 0 Å². The minimum absolute atomic E-state index is 0.445. The number of anilines is 1. The fourth-order valence-corrected chi connectivity index (χ4v) is 1.79. The lowest BCUT2D eigenvalue weighted by Crippen LogP contribution is -2.42. The Kier molecular flexibility index (Phi) is 4.71. The van der Waals surface area contributed by atoms with Gasteiger partial charge in [0.15, 0.2) is 0 Å². The molecule has 100 valence electrons. The maximum Gasteiger partial charge on any atom is 0.426 e. The molecule has 0 atom stereocenters. The Morgan fingerprint density at radius 3 is 2.44 bits per heavy atom. The molecule has 0 aliphatic heterocycles. The van der Waals surface area contributed by atoms with Crippen LogP contribution in [0.1, 0.15) is 20.8 Å². The number of benzene rings is 1. The highest BCUT2D eigenvalue weighted by molar-refractivity contribution is 6.36. The molecule has 6 heteroatoms. The van der Waals surface area contributed by atoms with Crippen LogP contribution in [0.3, 0.4) is 0 Å². The second-order valence-electron chi connectivity index (χ2n) is 4.77. The number of carbonyl (C=O) groups excluding carboxylic acids is 1. The first-order valence-corrected chi connectivity index (χ1v) is 6.13. The number of amides is 1. The van der Waals surface area contributed by atoms with Crippen molar-refractivity contribution in [1.29, 1.82) is 0 Å². The summed E-state index contributed by atoms with van der Waals surface area (Å²) >= 11 is 11.8. The van der Waals surface area contributed by atoms with Gasteiger partial charge in [0, 0.05) is 12.1 Å². The molecule has 0 aliphatic carbocycles.